The summed E-state index contributed by atoms with van der Waals surface area (Å²) in [5, 5.41) is 0. The van der Waals surface area contributed by atoms with Crippen molar-refractivity contribution in [3.8, 4) is 0 Å². The van der Waals surface area contributed by atoms with Crippen LogP contribution in [0.4, 0.5) is 0 Å². The van der Waals surface area contributed by atoms with E-state index in [9.17, 15) is 0 Å². The van der Waals surface area contributed by atoms with E-state index >= 15 is 0 Å². The van der Waals surface area contributed by atoms with Crippen LogP contribution in [0.5, 0.6) is 0 Å². The van der Waals surface area contributed by atoms with Crippen molar-refractivity contribution < 1.29 is 0 Å². The number of rotatable bonds is 5. The summed E-state index contributed by atoms with van der Waals surface area (Å²) >= 11 is 8.82. The SMILES string of the molecule is CSc1ccc(Sc2ccc(Sc3ccc(Br)cc3)cc2)cc1. The summed E-state index contributed by atoms with van der Waals surface area (Å²) in [7, 11) is 0. The van der Waals surface area contributed by atoms with Gasteiger partial charge in [0.15, 0.2) is 0 Å². The van der Waals surface area contributed by atoms with E-state index in [2.05, 4.69) is 95.0 Å². The van der Waals surface area contributed by atoms with E-state index in [4.69, 9.17) is 0 Å². The largest absolute Gasteiger partial charge is 0.130 e. The molecule has 116 valence electrons. The van der Waals surface area contributed by atoms with Crippen LogP contribution in [-0.2, 0) is 0 Å². The van der Waals surface area contributed by atoms with Crippen LogP contribution in [0.25, 0.3) is 0 Å². The maximum atomic E-state index is 3.47. The predicted octanol–water partition coefficient (Wildman–Crippen LogP) is 7.47. The van der Waals surface area contributed by atoms with E-state index in [1.807, 2.05) is 0 Å². The van der Waals surface area contributed by atoms with Crippen LogP contribution in [0.3, 0.4) is 0 Å². The van der Waals surface area contributed by atoms with Gasteiger partial charge in [-0.25, -0.2) is 0 Å². The Hall–Kier alpha value is -0.810. The van der Waals surface area contributed by atoms with Gasteiger partial charge in [0.1, 0.15) is 0 Å². The molecule has 0 fully saturated rings. The summed E-state index contributed by atoms with van der Waals surface area (Å²) < 4.78 is 1.11. The van der Waals surface area contributed by atoms with Gasteiger partial charge in [-0.2, -0.15) is 0 Å². The number of hydrogen-bond acceptors (Lipinski definition) is 3. The second-order valence-corrected chi connectivity index (χ2v) is 8.89. The molecule has 0 amide bonds. The normalized spacial score (nSPS) is 10.7. The van der Waals surface area contributed by atoms with Gasteiger partial charge in [-0.05, 0) is 79.1 Å². The molecule has 3 rings (SSSR count). The summed E-state index contributed by atoms with van der Waals surface area (Å²) in [5.41, 5.74) is 0. The standard InChI is InChI=1S/C19H15BrS3/c1-21-15-6-8-17(9-7-15)23-19-12-10-18(11-13-19)22-16-4-2-14(20)3-5-16/h2-13H,1H3. The highest BCUT2D eigenvalue weighted by molar-refractivity contribution is 9.10. The first-order chi connectivity index (χ1) is 11.2. The smallest absolute Gasteiger partial charge is 0.0176 e. The molecule has 0 saturated carbocycles. The van der Waals surface area contributed by atoms with Gasteiger partial charge in [0.25, 0.3) is 0 Å². The molecule has 0 saturated heterocycles. The maximum Gasteiger partial charge on any atom is 0.0176 e. The van der Waals surface area contributed by atoms with Crippen LogP contribution in [0.2, 0.25) is 0 Å². The Kier molecular flexibility index (Phi) is 6.17. The average Bonchev–Trinajstić information content (AvgIpc) is 2.59. The molecule has 3 aromatic carbocycles. The van der Waals surface area contributed by atoms with E-state index in [-0.39, 0.29) is 0 Å². The van der Waals surface area contributed by atoms with E-state index < -0.39 is 0 Å². The van der Waals surface area contributed by atoms with Crippen LogP contribution in [-0.4, -0.2) is 6.26 Å². The lowest BCUT2D eigenvalue weighted by molar-refractivity contribution is 1.31. The van der Waals surface area contributed by atoms with Gasteiger partial charge < -0.3 is 0 Å². The molecule has 0 atom stereocenters. The quantitative estimate of drug-likeness (QED) is 0.394. The highest BCUT2D eigenvalue weighted by Crippen LogP contribution is 2.33. The van der Waals surface area contributed by atoms with Crippen molar-refractivity contribution in [2.24, 2.45) is 0 Å². The van der Waals surface area contributed by atoms with Crippen molar-refractivity contribution >= 4 is 51.2 Å². The van der Waals surface area contributed by atoms with Crippen molar-refractivity contribution in [3.63, 3.8) is 0 Å². The molecule has 0 bridgehead atoms. The van der Waals surface area contributed by atoms with E-state index in [0.29, 0.717) is 0 Å². The van der Waals surface area contributed by atoms with Crippen molar-refractivity contribution in [1.29, 1.82) is 0 Å². The van der Waals surface area contributed by atoms with Gasteiger partial charge in [0.2, 0.25) is 0 Å². The van der Waals surface area contributed by atoms with Crippen LogP contribution < -0.4 is 0 Å². The fourth-order valence-electron chi connectivity index (χ4n) is 1.99. The first-order valence-corrected chi connectivity index (χ1v) is 10.7. The van der Waals surface area contributed by atoms with E-state index in [0.717, 1.165) is 4.47 Å². The lowest BCUT2D eigenvalue weighted by Crippen LogP contribution is -1.77. The summed E-state index contributed by atoms with van der Waals surface area (Å²) in [4.78, 5) is 6.35. The topological polar surface area (TPSA) is 0 Å². The predicted molar refractivity (Wildman–Crippen MR) is 107 cm³/mol. The number of thioether (sulfide) groups is 1. The monoisotopic (exact) mass is 418 g/mol. The zero-order valence-corrected chi connectivity index (χ0v) is 16.6. The lowest BCUT2D eigenvalue weighted by Gasteiger charge is -2.05. The van der Waals surface area contributed by atoms with Crippen LogP contribution >= 0.6 is 51.2 Å². The minimum Gasteiger partial charge on any atom is -0.130 e. The zero-order chi connectivity index (χ0) is 16.1. The summed E-state index contributed by atoms with van der Waals surface area (Å²) in [6.45, 7) is 0. The molecule has 0 aliphatic carbocycles. The van der Waals surface area contributed by atoms with Gasteiger partial charge in [-0.1, -0.05) is 39.5 Å². The molecule has 4 heteroatoms. The van der Waals surface area contributed by atoms with Gasteiger partial charge in [-0.3, -0.25) is 0 Å². The number of benzene rings is 3. The summed E-state index contributed by atoms with van der Waals surface area (Å²) in [6.07, 6.45) is 2.10. The number of hydrogen-bond donors (Lipinski definition) is 0. The molecular formula is C19H15BrS3. The molecule has 0 radical (unpaired) electrons. The maximum absolute atomic E-state index is 3.47. The second-order valence-electron chi connectivity index (χ2n) is 4.80. The Morgan fingerprint density at radius 3 is 1.17 bits per heavy atom. The van der Waals surface area contributed by atoms with Gasteiger partial charge in [0.05, 0.1) is 0 Å². The average molecular weight is 419 g/mol. The lowest BCUT2D eigenvalue weighted by atomic mass is 10.4. The highest BCUT2D eigenvalue weighted by atomic mass is 79.9. The Balaban J connectivity index is 1.65. The third-order valence-electron chi connectivity index (χ3n) is 3.17. The summed E-state index contributed by atoms with van der Waals surface area (Å²) in [6, 6.07) is 25.9. The minimum atomic E-state index is 1.11. The van der Waals surface area contributed by atoms with Crippen LogP contribution in [0.1, 0.15) is 0 Å². The molecule has 0 N–H and O–H groups in total. The van der Waals surface area contributed by atoms with Crippen LogP contribution in [0.15, 0.2) is 102 Å². The fraction of sp³-hybridized carbons (Fsp3) is 0.0526. The van der Waals surface area contributed by atoms with E-state index in [1.165, 1.54) is 24.5 Å². The van der Waals surface area contributed by atoms with Crippen molar-refractivity contribution in [2.75, 3.05) is 6.26 Å². The molecule has 0 unspecified atom stereocenters. The Morgan fingerprint density at radius 2 is 0.826 bits per heavy atom. The molecular weight excluding hydrogens is 404 g/mol. The molecule has 3 aromatic rings. The molecule has 0 aliphatic rings. The van der Waals surface area contributed by atoms with Gasteiger partial charge in [0, 0.05) is 29.0 Å². The summed E-state index contributed by atoms with van der Waals surface area (Å²) in [5.74, 6) is 0. The minimum absolute atomic E-state index is 1.11. The first kappa shape index (κ1) is 17.0. The van der Waals surface area contributed by atoms with E-state index in [1.54, 1.807) is 35.3 Å². The molecule has 0 spiro atoms. The number of halogens is 1. The molecule has 0 aromatic heterocycles. The van der Waals surface area contributed by atoms with Crippen molar-refractivity contribution in [3.05, 3.63) is 77.3 Å². The Labute approximate surface area is 158 Å². The molecule has 0 nitrogen and oxygen atoms in total. The first-order valence-electron chi connectivity index (χ1n) is 7.08. The third kappa shape index (κ3) is 5.08. The second kappa shape index (κ2) is 8.34. The molecule has 0 heterocycles. The van der Waals surface area contributed by atoms with Gasteiger partial charge in [-0.15, -0.1) is 11.8 Å². The zero-order valence-electron chi connectivity index (χ0n) is 12.5. The van der Waals surface area contributed by atoms with Crippen molar-refractivity contribution in [2.45, 2.75) is 24.5 Å². The molecule has 23 heavy (non-hydrogen) atoms. The third-order valence-corrected chi connectivity index (χ3v) is 6.47. The molecule has 0 aliphatic heterocycles. The highest BCUT2D eigenvalue weighted by Gasteiger charge is 2.01. The van der Waals surface area contributed by atoms with Gasteiger partial charge >= 0.3 is 0 Å². The Morgan fingerprint density at radius 1 is 0.522 bits per heavy atom. The van der Waals surface area contributed by atoms with Crippen LogP contribution in [0, 0.1) is 0 Å². The van der Waals surface area contributed by atoms with Crippen molar-refractivity contribution in [1.82, 2.24) is 0 Å². The fourth-order valence-corrected chi connectivity index (χ4v) is 4.30. The Bertz CT molecular complexity index is 750.